The number of halogens is 1. The van der Waals surface area contributed by atoms with Crippen molar-refractivity contribution < 1.29 is 22.3 Å². The smallest absolute Gasteiger partial charge is 0.410 e. The number of nitrogens with one attached hydrogen (secondary N) is 1. The number of carbonyl (C=O) groups excluding carboxylic acids is 1. The number of rotatable bonds is 5. The summed E-state index contributed by atoms with van der Waals surface area (Å²) in [6, 6.07) is 11.7. The summed E-state index contributed by atoms with van der Waals surface area (Å²) in [4.78, 5) is 14.6. The first-order valence-corrected chi connectivity index (χ1v) is 13.2. The predicted molar refractivity (Wildman–Crippen MR) is 127 cm³/mol. The summed E-state index contributed by atoms with van der Waals surface area (Å²) in [6.45, 7) is 5.72. The van der Waals surface area contributed by atoms with E-state index in [1.807, 2.05) is 13.8 Å². The highest BCUT2D eigenvalue weighted by Crippen LogP contribution is 2.39. The molecule has 2 fully saturated rings. The molecular weight excluding hydrogens is 457 g/mol. The summed E-state index contributed by atoms with van der Waals surface area (Å²) in [7, 11) is -3.93. The lowest BCUT2D eigenvalue weighted by Gasteiger charge is -2.41. The van der Waals surface area contributed by atoms with Gasteiger partial charge in [-0.1, -0.05) is 29.8 Å². The number of aryl methyl sites for hydroxylation is 1. The molecule has 4 rings (SSSR count). The lowest BCUT2D eigenvalue weighted by molar-refractivity contribution is 0.0500. The summed E-state index contributed by atoms with van der Waals surface area (Å²) >= 11 is 0. The molecule has 2 aromatic carbocycles. The van der Waals surface area contributed by atoms with Crippen molar-refractivity contribution in [1.82, 2.24) is 14.5 Å². The molecule has 0 saturated carbocycles. The van der Waals surface area contributed by atoms with Gasteiger partial charge < -0.3 is 15.0 Å². The van der Waals surface area contributed by atoms with Crippen LogP contribution in [0.1, 0.15) is 43.4 Å². The van der Waals surface area contributed by atoms with Crippen molar-refractivity contribution in [3.63, 3.8) is 0 Å². The first-order valence-electron chi connectivity index (χ1n) is 11.8. The van der Waals surface area contributed by atoms with Gasteiger partial charge in [-0.05, 0) is 62.9 Å². The summed E-state index contributed by atoms with van der Waals surface area (Å²) < 4.78 is 48.9. The number of piperidine rings is 1. The van der Waals surface area contributed by atoms with Crippen LogP contribution in [0.25, 0.3) is 0 Å². The fraction of sp³-hybridized carbons (Fsp3) is 0.480. The van der Waals surface area contributed by atoms with E-state index in [9.17, 15) is 17.6 Å². The van der Waals surface area contributed by atoms with E-state index in [4.69, 9.17) is 4.74 Å². The highest BCUT2D eigenvalue weighted by Gasteiger charge is 2.41. The number of benzene rings is 2. The number of piperazine rings is 1. The Morgan fingerprint density at radius 2 is 1.94 bits per heavy atom. The van der Waals surface area contributed by atoms with E-state index in [0.29, 0.717) is 38.0 Å². The molecule has 2 heterocycles. The highest BCUT2D eigenvalue weighted by molar-refractivity contribution is 7.89. The van der Waals surface area contributed by atoms with Crippen LogP contribution in [-0.2, 0) is 14.8 Å². The molecule has 7 nitrogen and oxygen atoms in total. The Morgan fingerprint density at radius 1 is 1.18 bits per heavy atom. The van der Waals surface area contributed by atoms with E-state index in [1.165, 1.54) is 16.4 Å². The van der Waals surface area contributed by atoms with Crippen molar-refractivity contribution in [3.05, 3.63) is 65.5 Å². The van der Waals surface area contributed by atoms with Crippen molar-refractivity contribution in [2.75, 3.05) is 26.2 Å². The molecule has 0 spiro atoms. The Bertz CT molecular complexity index is 1110. The SMILES string of the molecule is Cc1ccc(S(=O)(=O)N2[C@@H](COC(=O)N3CCNC[C@H]3C)CCC[C@H]2c2cccc(F)c2)cc1. The van der Waals surface area contributed by atoms with Crippen LogP contribution in [-0.4, -0.2) is 62.0 Å². The molecule has 0 aliphatic carbocycles. The molecule has 0 radical (unpaired) electrons. The van der Waals surface area contributed by atoms with Gasteiger partial charge in [0.25, 0.3) is 0 Å². The monoisotopic (exact) mass is 489 g/mol. The van der Waals surface area contributed by atoms with Crippen molar-refractivity contribution in [3.8, 4) is 0 Å². The zero-order chi connectivity index (χ0) is 24.3. The topological polar surface area (TPSA) is 79.0 Å². The van der Waals surface area contributed by atoms with Crippen LogP contribution in [0.4, 0.5) is 9.18 Å². The molecule has 1 N–H and O–H groups in total. The molecule has 3 atom stereocenters. The molecular formula is C25H32FN3O4S. The number of hydrogen-bond donors (Lipinski definition) is 1. The molecule has 2 aromatic rings. The van der Waals surface area contributed by atoms with Crippen molar-refractivity contribution >= 4 is 16.1 Å². The second-order valence-electron chi connectivity index (χ2n) is 9.13. The van der Waals surface area contributed by atoms with Crippen molar-refractivity contribution in [2.24, 2.45) is 0 Å². The molecule has 1 amide bonds. The Hall–Kier alpha value is -2.49. The van der Waals surface area contributed by atoms with E-state index in [0.717, 1.165) is 12.0 Å². The largest absolute Gasteiger partial charge is 0.448 e. The molecule has 2 aliphatic rings. The van der Waals surface area contributed by atoms with Gasteiger partial charge in [0, 0.05) is 25.7 Å². The lowest BCUT2D eigenvalue weighted by atomic mass is 9.93. The third-order valence-corrected chi connectivity index (χ3v) is 8.62. The minimum absolute atomic E-state index is 0.0000392. The third-order valence-electron chi connectivity index (χ3n) is 6.65. The minimum atomic E-state index is -3.93. The summed E-state index contributed by atoms with van der Waals surface area (Å²) in [5.74, 6) is -0.411. The van der Waals surface area contributed by atoms with E-state index >= 15 is 0 Å². The van der Waals surface area contributed by atoms with Crippen molar-refractivity contribution in [2.45, 2.75) is 56.1 Å². The maximum Gasteiger partial charge on any atom is 0.410 e. The lowest BCUT2D eigenvalue weighted by Crippen LogP contribution is -2.53. The maximum absolute atomic E-state index is 14.1. The Balaban J connectivity index is 1.63. The van der Waals surface area contributed by atoms with Crippen LogP contribution in [0.5, 0.6) is 0 Å². The zero-order valence-electron chi connectivity index (χ0n) is 19.6. The molecule has 0 aromatic heterocycles. The standard InChI is InChI=1S/C25H32FN3O4S/c1-18-9-11-23(12-10-18)34(31,32)29-22(17-33-25(30)28-14-13-27-16-19(28)2)7-4-8-24(29)20-5-3-6-21(26)15-20/h3,5-6,9-12,15,19,22,24,27H,4,7-8,13-14,16-17H2,1-2H3/t19-,22-,24+/m1/s1. The van der Waals surface area contributed by atoms with E-state index in [2.05, 4.69) is 5.32 Å². The number of nitrogens with zero attached hydrogens (tertiary/aromatic N) is 2. The number of ether oxygens (including phenoxy) is 1. The first-order chi connectivity index (χ1) is 16.3. The second kappa shape index (κ2) is 10.4. The van der Waals surface area contributed by atoms with E-state index in [-0.39, 0.29) is 17.5 Å². The van der Waals surface area contributed by atoms with Crippen LogP contribution in [0, 0.1) is 12.7 Å². The maximum atomic E-state index is 14.1. The van der Waals surface area contributed by atoms with Gasteiger partial charge in [-0.25, -0.2) is 17.6 Å². The molecule has 184 valence electrons. The summed E-state index contributed by atoms with van der Waals surface area (Å²) in [6.07, 6.45) is 1.43. The minimum Gasteiger partial charge on any atom is -0.448 e. The normalized spacial score (nSPS) is 24.1. The van der Waals surface area contributed by atoms with Gasteiger partial charge in [-0.2, -0.15) is 4.31 Å². The molecule has 2 saturated heterocycles. The zero-order valence-corrected chi connectivity index (χ0v) is 20.4. The van der Waals surface area contributed by atoms with Crippen LogP contribution < -0.4 is 5.32 Å². The fourth-order valence-electron chi connectivity index (χ4n) is 4.80. The summed E-state index contributed by atoms with van der Waals surface area (Å²) in [5.41, 5.74) is 1.55. The quantitative estimate of drug-likeness (QED) is 0.690. The first kappa shape index (κ1) is 24.6. The van der Waals surface area contributed by atoms with Gasteiger partial charge in [0.15, 0.2) is 0 Å². The molecule has 9 heteroatoms. The predicted octanol–water partition coefficient (Wildman–Crippen LogP) is 3.85. The third kappa shape index (κ3) is 5.26. The number of carbonyl (C=O) groups is 1. The Labute approximate surface area is 200 Å². The Morgan fingerprint density at radius 3 is 2.65 bits per heavy atom. The van der Waals surface area contributed by atoms with Crippen LogP contribution >= 0.6 is 0 Å². The second-order valence-corrected chi connectivity index (χ2v) is 11.0. The summed E-state index contributed by atoms with van der Waals surface area (Å²) in [5, 5.41) is 3.23. The molecule has 34 heavy (non-hydrogen) atoms. The highest BCUT2D eigenvalue weighted by atomic mass is 32.2. The molecule has 0 unspecified atom stereocenters. The van der Waals surface area contributed by atoms with Gasteiger partial charge >= 0.3 is 6.09 Å². The van der Waals surface area contributed by atoms with E-state index < -0.39 is 34.0 Å². The number of amides is 1. The van der Waals surface area contributed by atoms with Crippen LogP contribution in [0.2, 0.25) is 0 Å². The van der Waals surface area contributed by atoms with Gasteiger partial charge in [-0.3, -0.25) is 0 Å². The molecule has 0 bridgehead atoms. The van der Waals surface area contributed by atoms with Gasteiger partial charge in [0.2, 0.25) is 10.0 Å². The number of hydrogen-bond acceptors (Lipinski definition) is 5. The number of sulfonamides is 1. The average molecular weight is 490 g/mol. The van der Waals surface area contributed by atoms with E-state index in [1.54, 1.807) is 41.3 Å². The van der Waals surface area contributed by atoms with Gasteiger partial charge in [-0.15, -0.1) is 0 Å². The van der Waals surface area contributed by atoms with Crippen LogP contribution in [0.3, 0.4) is 0 Å². The van der Waals surface area contributed by atoms with Crippen molar-refractivity contribution in [1.29, 1.82) is 0 Å². The van der Waals surface area contributed by atoms with Gasteiger partial charge in [0.1, 0.15) is 12.4 Å². The van der Waals surface area contributed by atoms with Gasteiger partial charge in [0.05, 0.1) is 17.0 Å². The fourth-order valence-corrected chi connectivity index (χ4v) is 6.64. The van der Waals surface area contributed by atoms with Crippen LogP contribution in [0.15, 0.2) is 53.4 Å². The average Bonchev–Trinajstić information content (AvgIpc) is 2.83. The Kier molecular flexibility index (Phi) is 7.54. The molecule has 2 aliphatic heterocycles.